The summed E-state index contributed by atoms with van der Waals surface area (Å²) < 4.78 is 10.7. The molecule has 0 aliphatic heterocycles. The van der Waals surface area contributed by atoms with E-state index in [9.17, 15) is 4.79 Å². The molecule has 0 fully saturated rings. The average Bonchev–Trinajstić information content (AvgIpc) is 3.11. The molecule has 0 radical (unpaired) electrons. The summed E-state index contributed by atoms with van der Waals surface area (Å²) in [5, 5.41) is 14.4. The number of unbranched alkanes of at least 4 members (excludes halogenated alkanes) is 4. The highest BCUT2D eigenvalue weighted by Gasteiger charge is 2.07. The van der Waals surface area contributed by atoms with E-state index in [2.05, 4.69) is 5.16 Å². The third-order valence-electron chi connectivity index (χ3n) is 3.30. The SMILES string of the molecule is Cc1cc(CCCCCCCOc2csc(C(=O)O)c2)on1. The van der Waals surface area contributed by atoms with E-state index >= 15 is 0 Å². The lowest BCUT2D eigenvalue weighted by Crippen LogP contribution is -1.97. The van der Waals surface area contributed by atoms with Gasteiger partial charge in [-0.15, -0.1) is 11.3 Å². The topological polar surface area (TPSA) is 72.6 Å². The lowest BCUT2D eigenvalue weighted by molar-refractivity contribution is 0.0702. The Balaban J connectivity index is 1.48. The minimum absolute atomic E-state index is 0.317. The van der Waals surface area contributed by atoms with Crippen molar-refractivity contribution in [2.75, 3.05) is 6.61 Å². The fourth-order valence-corrected chi connectivity index (χ4v) is 2.83. The van der Waals surface area contributed by atoms with Crippen LogP contribution in [0.15, 0.2) is 22.0 Å². The summed E-state index contributed by atoms with van der Waals surface area (Å²) in [6.45, 7) is 2.57. The van der Waals surface area contributed by atoms with Crippen molar-refractivity contribution in [3.05, 3.63) is 33.8 Å². The molecule has 0 saturated carbocycles. The Morgan fingerprint density at radius 2 is 2.05 bits per heavy atom. The highest BCUT2D eigenvalue weighted by molar-refractivity contribution is 7.12. The fraction of sp³-hybridized carbons (Fsp3) is 0.500. The first-order chi connectivity index (χ1) is 10.6. The summed E-state index contributed by atoms with van der Waals surface area (Å²) in [6.07, 6.45) is 6.50. The van der Waals surface area contributed by atoms with Crippen LogP contribution in [0.2, 0.25) is 0 Å². The first-order valence-corrected chi connectivity index (χ1v) is 8.40. The van der Waals surface area contributed by atoms with Crippen molar-refractivity contribution in [2.45, 2.75) is 45.4 Å². The summed E-state index contributed by atoms with van der Waals surface area (Å²) in [5.74, 6) is 0.720. The lowest BCUT2D eigenvalue weighted by Gasteiger charge is -2.03. The number of hydrogen-bond acceptors (Lipinski definition) is 5. The smallest absolute Gasteiger partial charge is 0.346 e. The van der Waals surface area contributed by atoms with Crippen LogP contribution in [0.1, 0.15) is 53.2 Å². The Morgan fingerprint density at radius 3 is 2.73 bits per heavy atom. The molecule has 1 N–H and O–H groups in total. The van der Waals surface area contributed by atoms with Crippen LogP contribution in [-0.4, -0.2) is 22.8 Å². The van der Waals surface area contributed by atoms with E-state index in [4.69, 9.17) is 14.4 Å². The minimum atomic E-state index is -0.901. The van der Waals surface area contributed by atoms with Gasteiger partial charge in [-0.05, 0) is 19.8 Å². The maximum atomic E-state index is 10.7. The second-order valence-electron chi connectivity index (χ2n) is 5.25. The van der Waals surface area contributed by atoms with Gasteiger partial charge in [-0.3, -0.25) is 0 Å². The van der Waals surface area contributed by atoms with Crippen LogP contribution in [0.5, 0.6) is 5.75 Å². The Hall–Kier alpha value is -1.82. The molecule has 0 aromatic carbocycles. The van der Waals surface area contributed by atoms with Gasteiger partial charge >= 0.3 is 5.97 Å². The van der Waals surface area contributed by atoms with Crippen LogP contribution in [0, 0.1) is 6.92 Å². The molecule has 0 aliphatic carbocycles. The molecule has 6 heteroatoms. The standard InChI is InChI=1S/C16H21NO4S/c1-12-9-13(21-17-12)7-5-3-2-4-6-8-20-14-10-15(16(18)19)22-11-14/h9-11H,2-8H2,1H3,(H,18,19). The van der Waals surface area contributed by atoms with E-state index in [-0.39, 0.29) is 0 Å². The molecule has 2 aromatic heterocycles. The highest BCUT2D eigenvalue weighted by Crippen LogP contribution is 2.21. The molecule has 0 bridgehead atoms. The van der Waals surface area contributed by atoms with Crippen molar-refractivity contribution in [3.8, 4) is 5.75 Å². The van der Waals surface area contributed by atoms with Gasteiger partial charge in [0, 0.05) is 23.9 Å². The van der Waals surface area contributed by atoms with Crippen LogP contribution in [0.4, 0.5) is 0 Å². The van der Waals surface area contributed by atoms with Crippen molar-refractivity contribution in [3.63, 3.8) is 0 Å². The molecule has 0 amide bonds. The van der Waals surface area contributed by atoms with Crippen LogP contribution >= 0.6 is 11.3 Å². The molecule has 2 rings (SSSR count). The molecule has 0 aliphatic rings. The molecular formula is C16H21NO4S. The van der Waals surface area contributed by atoms with E-state index < -0.39 is 5.97 Å². The number of ether oxygens (including phenoxy) is 1. The van der Waals surface area contributed by atoms with E-state index in [0.717, 1.165) is 37.1 Å². The first-order valence-electron chi connectivity index (χ1n) is 7.52. The zero-order chi connectivity index (χ0) is 15.8. The summed E-state index contributed by atoms with van der Waals surface area (Å²) in [4.78, 5) is 11.1. The van der Waals surface area contributed by atoms with E-state index in [1.165, 1.54) is 24.2 Å². The Kier molecular flexibility index (Phi) is 6.45. The number of hydrogen-bond donors (Lipinski definition) is 1. The van der Waals surface area contributed by atoms with Gasteiger partial charge in [0.1, 0.15) is 16.4 Å². The summed E-state index contributed by atoms with van der Waals surface area (Å²) >= 11 is 1.19. The zero-order valence-corrected chi connectivity index (χ0v) is 13.5. The third-order valence-corrected chi connectivity index (χ3v) is 4.20. The average molecular weight is 323 g/mol. The number of aryl methyl sites for hydroxylation is 2. The number of aromatic carboxylic acids is 1. The number of rotatable bonds is 10. The summed E-state index contributed by atoms with van der Waals surface area (Å²) in [5.41, 5.74) is 0.937. The number of aromatic nitrogens is 1. The van der Waals surface area contributed by atoms with Gasteiger partial charge in [0.2, 0.25) is 0 Å². The van der Waals surface area contributed by atoms with Crippen LogP contribution < -0.4 is 4.74 Å². The predicted octanol–water partition coefficient (Wildman–Crippen LogP) is 4.31. The Bertz CT molecular complexity index is 590. The number of carboxylic acids is 1. The number of thiophene rings is 1. The van der Waals surface area contributed by atoms with Gasteiger partial charge in [-0.25, -0.2) is 4.79 Å². The molecule has 0 atom stereocenters. The maximum absolute atomic E-state index is 10.7. The molecular weight excluding hydrogens is 302 g/mol. The third kappa shape index (κ3) is 5.52. The van der Waals surface area contributed by atoms with Gasteiger partial charge in [-0.2, -0.15) is 0 Å². The molecule has 0 unspecified atom stereocenters. The molecule has 0 saturated heterocycles. The maximum Gasteiger partial charge on any atom is 0.346 e. The van der Waals surface area contributed by atoms with Crippen molar-refractivity contribution in [1.82, 2.24) is 5.16 Å². The predicted molar refractivity (Wildman–Crippen MR) is 84.8 cm³/mol. The first kappa shape index (κ1) is 16.5. The molecule has 2 aromatic rings. The van der Waals surface area contributed by atoms with Crippen LogP contribution in [-0.2, 0) is 6.42 Å². The Morgan fingerprint density at radius 1 is 1.27 bits per heavy atom. The minimum Gasteiger partial charge on any atom is -0.493 e. The van der Waals surface area contributed by atoms with Gasteiger partial charge < -0.3 is 14.4 Å². The highest BCUT2D eigenvalue weighted by atomic mass is 32.1. The van der Waals surface area contributed by atoms with Crippen LogP contribution in [0.3, 0.4) is 0 Å². The molecule has 120 valence electrons. The monoisotopic (exact) mass is 323 g/mol. The summed E-state index contributed by atoms with van der Waals surface area (Å²) in [6, 6.07) is 3.56. The number of carboxylic acid groups (broad SMARTS) is 1. The number of nitrogens with zero attached hydrogens (tertiary/aromatic N) is 1. The van der Waals surface area contributed by atoms with Gasteiger partial charge in [0.25, 0.3) is 0 Å². The van der Waals surface area contributed by atoms with E-state index in [1.807, 2.05) is 13.0 Å². The number of carbonyl (C=O) groups is 1. The molecule has 5 nitrogen and oxygen atoms in total. The lowest BCUT2D eigenvalue weighted by atomic mass is 10.1. The van der Waals surface area contributed by atoms with Crippen molar-refractivity contribution < 1.29 is 19.2 Å². The molecule has 0 spiro atoms. The quantitative estimate of drug-likeness (QED) is 0.659. The molecule has 22 heavy (non-hydrogen) atoms. The second-order valence-corrected chi connectivity index (χ2v) is 6.16. The van der Waals surface area contributed by atoms with Crippen molar-refractivity contribution in [2.24, 2.45) is 0 Å². The second kappa shape index (κ2) is 8.58. The van der Waals surface area contributed by atoms with Gasteiger partial charge in [-0.1, -0.05) is 24.4 Å². The van der Waals surface area contributed by atoms with Crippen LogP contribution in [0.25, 0.3) is 0 Å². The van der Waals surface area contributed by atoms with E-state index in [0.29, 0.717) is 17.2 Å². The van der Waals surface area contributed by atoms with Crippen molar-refractivity contribution in [1.29, 1.82) is 0 Å². The largest absolute Gasteiger partial charge is 0.493 e. The fourth-order valence-electron chi connectivity index (χ4n) is 2.16. The summed E-state index contributed by atoms with van der Waals surface area (Å²) in [7, 11) is 0. The molecule has 2 heterocycles. The van der Waals surface area contributed by atoms with Gasteiger partial charge in [0.15, 0.2) is 0 Å². The van der Waals surface area contributed by atoms with Crippen molar-refractivity contribution >= 4 is 17.3 Å². The van der Waals surface area contributed by atoms with E-state index in [1.54, 1.807) is 11.4 Å². The zero-order valence-electron chi connectivity index (χ0n) is 12.7. The Labute approximate surface area is 133 Å². The van der Waals surface area contributed by atoms with Gasteiger partial charge in [0.05, 0.1) is 12.3 Å². The normalized spacial score (nSPS) is 10.8.